The third kappa shape index (κ3) is 2.11. The van der Waals surface area contributed by atoms with Gasteiger partial charge in [-0.1, -0.05) is 0 Å². The Bertz CT molecular complexity index is 166. The Labute approximate surface area is 79.1 Å². The van der Waals surface area contributed by atoms with E-state index in [1.54, 1.807) is 0 Å². The molecule has 0 aromatic heterocycles. The fourth-order valence-electron chi connectivity index (χ4n) is 1.57. The van der Waals surface area contributed by atoms with E-state index in [2.05, 4.69) is 0 Å². The van der Waals surface area contributed by atoms with Crippen LogP contribution in [0, 0.1) is 5.41 Å². The van der Waals surface area contributed by atoms with Crippen molar-refractivity contribution in [1.29, 1.82) is 0 Å². The highest BCUT2D eigenvalue weighted by atomic mass is 35.5. The highest BCUT2D eigenvalue weighted by Crippen LogP contribution is 2.40. The largest absolute Gasteiger partial charge is 0.466 e. The van der Waals surface area contributed by atoms with Gasteiger partial charge in [0.05, 0.1) is 12.0 Å². The molecule has 0 heterocycles. The maximum Gasteiger partial charge on any atom is 0.311 e. The van der Waals surface area contributed by atoms with Crippen molar-refractivity contribution in [2.24, 2.45) is 11.1 Å². The summed E-state index contributed by atoms with van der Waals surface area (Å²) >= 11 is 0. The summed E-state index contributed by atoms with van der Waals surface area (Å²) in [5.41, 5.74) is 5.30. The summed E-state index contributed by atoms with van der Waals surface area (Å²) in [6, 6.07) is 0.199. The molecule has 0 aromatic rings. The fraction of sp³-hybridized carbons (Fsp3) is 0.875. The molecule has 0 atom stereocenters. The van der Waals surface area contributed by atoms with Crippen LogP contribution in [0.4, 0.5) is 0 Å². The summed E-state index contributed by atoms with van der Waals surface area (Å²) in [4.78, 5) is 11.2. The summed E-state index contributed by atoms with van der Waals surface area (Å²) in [7, 11) is 0. The van der Waals surface area contributed by atoms with Gasteiger partial charge in [-0.25, -0.2) is 0 Å². The SMILES string of the molecule is CCOC(=O)C1(C)CC(N)C1.Cl. The molecule has 0 saturated heterocycles. The van der Waals surface area contributed by atoms with Gasteiger partial charge in [0.1, 0.15) is 0 Å². The van der Waals surface area contributed by atoms with Gasteiger partial charge in [0.15, 0.2) is 0 Å². The lowest BCUT2D eigenvalue weighted by Crippen LogP contribution is -2.49. The molecule has 1 aliphatic carbocycles. The van der Waals surface area contributed by atoms with Gasteiger partial charge in [0, 0.05) is 6.04 Å². The van der Waals surface area contributed by atoms with Gasteiger partial charge in [0.25, 0.3) is 0 Å². The number of carbonyl (C=O) groups is 1. The zero-order valence-electron chi connectivity index (χ0n) is 7.50. The zero-order chi connectivity index (χ0) is 8.48. The molecule has 3 nitrogen and oxygen atoms in total. The molecule has 0 aromatic carbocycles. The smallest absolute Gasteiger partial charge is 0.311 e. The Morgan fingerprint density at radius 2 is 2.17 bits per heavy atom. The van der Waals surface area contributed by atoms with Gasteiger partial charge in [-0.05, 0) is 26.7 Å². The van der Waals surface area contributed by atoms with Gasteiger partial charge in [-0.15, -0.1) is 12.4 Å². The molecule has 0 aliphatic heterocycles. The van der Waals surface area contributed by atoms with Gasteiger partial charge < -0.3 is 10.5 Å². The molecule has 1 rings (SSSR count). The van der Waals surface area contributed by atoms with E-state index in [0.29, 0.717) is 6.61 Å². The second-order valence-electron chi connectivity index (χ2n) is 3.45. The number of esters is 1. The summed E-state index contributed by atoms with van der Waals surface area (Å²) in [6.45, 7) is 4.19. The van der Waals surface area contributed by atoms with Gasteiger partial charge in [-0.3, -0.25) is 4.79 Å². The molecular weight excluding hydrogens is 178 g/mol. The third-order valence-corrected chi connectivity index (χ3v) is 2.19. The van der Waals surface area contributed by atoms with Crippen molar-refractivity contribution in [3.05, 3.63) is 0 Å². The summed E-state index contributed by atoms with van der Waals surface area (Å²) in [5.74, 6) is -0.0956. The van der Waals surface area contributed by atoms with Crippen LogP contribution in [0.25, 0.3) is 0 Å². The van der Waals surface area contributed by atoms with Crippen LogP contribution < -0.4 is 5.73 Å². The maximum absolute atomic E-state index is 11.2. The Morgan fingerprint density at radius 1 is 1.67 bits per heavy atom. The number of carbonyl (C=O) groups excluding carboxylic acids is 1. The first kappa shape index (κ1) is 11.7. The number of halogens is 1. The second kappa shape index (κ2) is 4.10. The molecule has 2 N–H and O–H groups in total. The number of rotatable bonds is 2. The molecule has 12 heavy (non-hydrogen) atoms. The molecule has 0 unspecified atom stereocenters. The van der Waals surface area contributed by atoms with E-state index in [1.807, 2.05) is 13.8 Å². The third-order valence-electron chi connectivity index (χ3n) is 2.19. The Balaban J connectivity index is 0.00000121. The quantitative estimate of drug-likeness (QED) is 0.669. The monoisotopic (exact) mass is 193 g/mol. The molecular formula is C8H16ClNO2. The average Bonchev–Trinajstić information content (AvgIpc) is 1.85. The molecule has 1 saturated carbocycles. The standard InChI is InChI=1S/C8H15NO2.ClH/c1-3-11-7(10)8(2)4-6(9)5-8;/h6H,3-5,9H2,1-2H3;1H. The summed E-state index contributed by atoms with van der Waals surface area (Å²) in [5, 5.41) is 0. The van der Waals surface area contributed by atoms with Crippen LogP contribution in [0.15, 0.2) is 0 Å². The number of hydrogen-bond donors (Lipinski definition) is 1. The van der Waals surface area contributed by atoms with E-state index in [0.717, 1.165) is 12.8 Å². The molecule has 0 radical (unpaired) electrons. The predicted molar refractivity (Wildman–Crippen MR) is 49.2 cm³/mol. The van der Waals surface area contributed by atoms with E-state index >= 15 is 0 Å². The molecule has 72 valence electrons. The summed E-state index contributed by atoms with van der Waals surface area (Å²) < 4.78 is 4.90. The lowest BCUT2D eigenvalue weighted by Gasteiger charge is -2.40. The van der Waals surface area contributed by atoms with Gasteiger partial charge in [0.2, 0.25) is 0 Å². The van der Waals surface area contributed by atoms with Crippen LogP contribution in [-0.2, 0) is 9.53 Å². The molecule has 1 aliphatic rings. The molecule has 0 bridgehead atoms. The van der Waals surface area contributed by atoms with Gasteiger partial charge >= 0.3 is 5.97 Å². The van der Waals surface area contributed by atoms with Crippen LogP contribution in [-0.4, -0.2) is 18.6 Å². The van der Waals surface area contributed by atoms with Crippen molar-refractivity contribution in [3.63, 3.8) is 0 Å². The van der Waals surface area contributed by atoms with E-state index < -0.39 is 0 Å². The minimum atomic E-state index is -0.282. The van der Waals surface area contributed by atoms with E-state index in [-0.39, 0.29) is 29.8 Å². The average molecular weight is 194 g/mol. The van der Waals surface area contributed by atoms with Crippen LogP contribution >= 0.6 is 12.4 Å². The van der Waals surface area contributed by atoms with Crippen molar-refractivity contribution < 1.29 is 9.53 Å². The van der Waals surface area contributed by atoms with Crippen LogP contribution in [0.2, 0.25) is 0 Å². The Kier molecular flexibility index (Phi) is 4.00. The second-order valence-corrected chi connectivity index (χ2v) is 3.45. The topological polar surface area (TPSA) is 52.3 Å². The number of ether oxygens (including phenoxy) is 1. The van der Waals surface area contributed by atoms with Crippen molar-refractivity contribution in [2.75, 3.05) is 6.61 Å². The van der Waals surface area contributed by atoms with Crippen molar-refractivity contribution in [1.82, 2.24) is 0 Å². The number of nitrogens with two attached hydrogens (primary N) is 1. The van der Waals surface area contributed by atoms with E-state index in [9.17, 15) is 4.79 Å². The Hall–Kier alpha value is -0.280. The van der Waals surface area contributed by atoms with E-state index in [4.69, 9.17) is 10.5 Å². The highest BCUT2D eigenvalue weighted by Gasteiger charge is 2.45. The van der Waals surface area contributed by atoms with Crippen LogP contribution in [0.3, 0.4) is 0 Å². The Morgan fingerprint density at radius 3 is 2.50 bits per heavy atom. The molecule has 4 heteroatoms. The van der Waals surface area contributed by atoms with Crippen LogP contribution in [0.1, 0.15) is 26.7 Å². The first-order valence-corrected chi connectivity index (χ1v) is 4.01. The minimum Gasteiger partial charge on any atom is -0.466 e. The first-order chi connectivity index (χ1) is 5.08. The fourth-order valence-corrected chi connectivity index (χ4v) is 1.57. The highest BCUT2D eigenvalue weighted by molar-refractivity contribution is 5.85. The molecule has 1 fully saturated rings. The first-order valence-electron chi connectivity index (χ1n) is 4.01. The predicted octanol–water partition coefficient (Wildman–Crippen LogP) is 1.10. The number of hydrogen-bond acceptors (Lipinski definition) is 3. The normalized spacial score (nSPS) is 33.1. The van der Waals surface area contributed by atoms with Crippen LogP contribution in [0.5, 0.6) is 0 Å². The minimum absolute atomic E-state index is 0. The molecule has 0 amide bonds. The lowest BCUT2D eigenvalue weighted by molar-refractivity contribution is -0.160. The van der Waals surface area contributed by atoms with Crippen molar-refractivity contribution in [2.45, 2.75) is 32.7 Å². The van der Waals surface area contributed by atoms with Crippen molar-refractivity contribution in [3.8, 4) is 0 Å². The van der Waals surface area contributed by atoms with E-state index in [1.165, 1.54) is 0 Å². The van der Waals surface area contributed by atoms with Gasteiger partial charge in [-0.2, -0.15) is 0 Å². The zero-order valence-corrected chi connectivity index (χ0v) is 8.32. The lowest BCUT2D eigenvalue weighted by atomic mass is 9.67. The maximum atomic E-state index is 11.2. The molecule has 0 spiro atoms. The van der Waals surface area contributed by atoms with Crippen molar-refractivity contribution >= 4 is 18.4 Å². The summed E-state index contributed by atoms with van der Waals surface area (Å²) in [6.07, 6.45) is 1.54.